The summed E-state index contributed by atoms with van der Waals surface area (Å²) in [6.07, 6.45) is 7.44. The lowest BCUT2D eigenvalue weighted by Gasteiger charge is -2.28. The summed E-state index contributed by atoms with van der Waals surface area (Å²) < 4.78 is 0. The number of carbonyl (C=O) groups excluding carboxylic acids is 1. The lowest BCUT2D eigenvalue weighted by atomic mass is 10.0. The van der Waals surface area contributed by atoms with Gasteiger partial charge in [-0.25, -0.2) is 4.79 Å². The zero-order chi connectivity index (χ0) is 14.2. The van der Waals surface area contributed by atoms with E-state index in [9.17, 15) is 4.79 Å². The van der Waals surface area contributed by atoms with E-state index in [1.807, 2.05) is 6.07 Å². The van der Waals surface area contributed by atoms with Crippen LogP contribution in [0, 0.1) is 11.8 Å². The van der Waals surface area contributed by atoms with Crippen LogP contribution in [0.3, 0.4) is 0 Å². The van der Waals surface area contributed by atoms with Crippen molar-refractivity contribution in [3.05, 3.63) is 35.9 Å². The predicted molar refractivity (Wildman–Crippen MR) is 82.9 cm³/mol. The summed E-state index contributed by atoms with van der Waals surface area (Å²) in [6, 6.07) is 11.4. The number of rotatable bonds is 4. The Morgan fingerprint density at radius 3 is 2.33 bits per heavy atom. The van der Waals surface area contributed by atoms with Gasteiger partial charge < -0.3 is 10.2 Å². The van der Waals surface area contributed by atoms with Gasteiger partial charge in [-0.15, -0.1) is 0 Å². The van der Waals surface area contributed by atoms with Gasteiger partial charge in [-0.05, 0) is 55.9 Å². The van der Waals surface area contributed by atoms with Crippen LogP contribution in [0.2, 0.25) is 0 Å². The Balaban J connectivity index is 1.45. The fourth-order valence-corrected chi connectivity index (χ4v) is 3.79. The summed E-state index contributed by atoms with van der Waals surface area (Å²) in [6.45, 7) is 0.896. The van der Waals surface area contributed by atoms with Gasteiger partial charge in [0.2, 0.25) is 0 Å². The minimum atomic E-state index is 0.171. The average Bonchev–Trinajstić information content (AvgIpc) is 3.44. The summed E-state index contributed by atoms with van der Waals surface area (Å²) in [5.41, 5.74) is 1.28. The van der Waals surface area contributed by atoms with Gasteiger partial charge in [0.1, 0.15) is 0 Å². The summed E-state index contributed by atoms with van der Waals surface area (Å²) in [4.78, 5) is 14.8. The first-order valence-electron chi connectivity index (χ1n) is 8.45. The molecule has 21 heavy (non-hydrogen) atoms. The van der Waals surface area contributed by atoms with Crippen molar-refractivity contribution >= 4 is 6.03 Å². The zero-order valence-electron chi connectivity index (χ0n) is 12.5. The molecular formula is C18H24N2O. The predicted octanol–water partition coefficient (Wildman–Crippen LogP) is 3.72. The number of urea groups is 1. The van der Waals surface area contributed by atoms with Gasteiger partial charge in [0.25, 0.3) is 0 Å². The first kappa shape index (κ1) is 13.2. The second-order valence-electron chi connectivity index (χ2n) is 6.91. The molecule has 1 heterocycles. The molecule has 2 aliphatic carbocycles. The van der Waals surface area contributed by atoms with Gasteiger partial charge in [0.15, 0.2) is 0 Å². The van der Waals surface area contributed by atoms with Crippen LogP contribution in [0.5, 0.6) is 0 Å². The lowest BCUT2D eigenvalue weighted by Crippen LogP contribution is -2.46. The molecule has 1 aromatic rings. The van der Waals surface area contributed by atoms with Crippen LogP contribution in [0.1, 0.15) is 50.1 Å². The van der Waals surface area contributed by atoms with E-state index >= 15 is 0 Å². The van der Waals surface area contributed by atoms with E-state index in [0.717, 1.165) is 31.2 Å². The van der Waals surface area contributed by atoms with Crippen molar-refractivity contribution in [3.63, 3.8) is 0 Å². The Labute approximate surface area is 126 Å². The maximum atomic E-state index is 12.7. The molecule has 1 aromatic carbocycles. The van der Waals surface area contributed by atoms with Gasteiger partial charge in [-0.3, -0.25) is 0 Å². The molecule has 0 aromatic heterocycles. The van der Waals surface area contributed by atoms with Crippen LogP contribution in [-0.2, 0) is 0 Å². The number of hydrogen-bond acceptors (Lipinski definition) is 1. The second-order valence-corrected chi connectivity index (χ2v) is 6.91. The molecule has 1 saturated heterocycles. The molecule has 1 N–H and O–H groups in total. The monoisotopic (exact) mass is 284 g/mol. The Morgan fingerprint density at radius 2 is 1.71 bits per heavy atom. The molecule has 3 heteroatoms. The van der Waals surface area contributed by atoms with Crippen LogP contribution in [0.4, 0.5) is 4.79 Å². The molecule has 4 rings (SSSR count). The van der Waals surface area contributed by atoms with Gasteiger partial charge in [0.05, 0.1) is 6.04 Å². The number of amides is 2. The van der Waals surface area contributed by atoms with E-state index < -0.39 is 0 Å². The fourth-order valence-electron chi connectivity index (χ4n) is 3.79. The molecule has 2 amide bonds. The number of benzene rings is 1. The Kier molecular flexibility index (Phi) is 3.36. The van der Waals surface area contributed by atoms with Crippen LogP contribution in [0.25, 0.3) is 0 Å². The van der Waals surface area contributed by atoms with Crippen molar-refractivity contribution in [1.82, 2.24) is 10.2 Å². The normalized spacial score (nSPS) is 25.4. The highest BCUT2D eigenvalue weighted by molar-refractivity contribution is 5.75. The summed E-state index contributed by atoms with van der Waals surface area (Å²) in [5.74, 6) is 1.53. The van der Waals surface area contributed by atoms with E-state index in [-0.39, 0.29) is 12.1 Å². The largest absolute Gasteiger partial charge is 0.335 e. The highest BCUT2D eigenvalue weighted by atomic mass is 16.2. The Morgan fingerprint density at radius 1 is 1.05 bits per heavy atom. The van der Waals surface area contributed by atoms with E-state index in [4.69, 9.17) is 0 Å². The summed E-state index contributed by atoms with van der Waals surface area (Å²) in [7, 11) is 0. The van der Waals surface area contributed by atoms with Crippen molar-refractivity contribution in [1.29, 1.82) is 0 Å². The minimum absolute atomic E-state index is 0.171. The molecule has 3 nitrogen and oxygen atoms in total. The van der Waals surface area contributed by atoms with Gasteiger partial charge >= 0.3 is 6.03 Å². The second kappa shape index (κ2) is 5.36. The molecule has 0 bridgehead atoms. The van der Waals surface area contributed by atoms with E-state index in [0.29, 0.717) is 6.04 Å². The highest BCUT2D eigenvalue weighted by Gasteiger charge is 2.43. The third-order valence-corrected chi connectivity index (χ3v) is 5.25. The lowest BCUT2D eigenvalue weighted by molar-refractivity contribution is 0.185. The van der Waals surface area contributed by atoms with Crippen LogP contribution in [-0.4, -0.2) is 23.5 Å². The number of likely N-dealkylation sites (tertiary alicyclic amines) is 1. The summed E-state index contributed by atoms with van der Waals surface area (Å²) in [5, 5.41) is 3.37. The SMILES string of the molecule is O=C(NC(C1CC1)C1CC1)N1CCCC1c1ccccc1. The smallest absolute Gasteiger partial charge is 0.318 e. The van der Waals surface area contributed by atoms with Crippen molar-refractivity contribution in [3.8, 4) is 0 Å². The van der Waals surface area contributed by atoms with E-state index in [2.05, 4.69) is 34.5 Å². The minimum Gasteiger partial charge on any atom is -0.335 e. The van der Waals surface area contributed by atoms with Crippen LogP contribution < -0.4 is 5.32 Å². The van der Waals surface area contributed by atoms with E-state index in [1.54, 1.807) is 0 Å². The molecule has 2 saturated carbocycles. The topological polar surface area (TPSA) is 32.3 Å². The standard InChI is InChI=1S/C18H24N2O/c21-18(19-17(14-8-9-14)15-10-11-15)20-12-4-7-16(20)13-5-2-1-3-6-13/h1-3,5-6,14-17H,4,7-12H2,(H,19,21). The van der Waals surface area contributed by atoms with Crippen molar-refractivity contribution < 1.29 is 4.79 Å². The molecule has 0 spiro atoms. The Hall–Kier alpha value is -1.51. The first-order chi connectivity index (χ1) is 10.3. The summed E-state index contributed by atoms with van der Waals surface area (Å²) >= 11 is 0. The van der Waals surface area contributed by atoms with Gasteiger partial charge in [0, 0.05) is 12.6 Å². The fraction of sp³-hybridized carbons (Fsp3) is 0.611. The Bertz CT molecular complexity index is 495. The van der Waals surface area contributed by atoms with E-state index in [1.165, 1.54) is 31.2 Å². The molecule has 1 atom stereocenters. The van der Waals surface area contributed by atoms with Gasteiger partial charge in [-0.2, -0.15) is 0 Å². The molecule has 1 unspecified atom stereocenters. The average molecular weight is 284 g/mol. The van der Waals surface area contributed by atoms with Gasteiger partial charge in [-0.1, -0.05) is 30.3 Å². The zero-order valence-corrected chi connectivity index (χ0v) is 12.5. The number of nitrogens with zero attached hydrogens (tertiary/aromatic N) is 1. The molecule has 1 aliphatic heterocycles. The number of nitrogens with one attached hydrogen (secondary N) is 1. The van der Waals surface area contributed by atoms with Crippen molar-refractivity contribution in [2.75, 3.05) is 6.54 Å². The molecular weight excluding hydrogens is 260 g/mol. The maximum Gasteiger partial charge on any atom is 0.318 e. The third kappa shape index (κ3) is 2.78. The van der Waals surface area contributed by atoms with Crippen LogP contribution in [0.15, 0.2) is 30.3 Å². The molecule has 3 aliphatic rings. The first-order valence-corrected chi connectivity index (χ1v) is 8.45. The molecule has 112 valence electrons. The highest BCUT2D eigenvalue weighted by Crippen LogP contribution is 2.44. The quantitative estimate of drug-likeness (QED) is 0.898. The van der Waals surface area contributed by atoms with Crippen LogP contribution >= 0.6 is 0 Å². The third-order valence-electron chi connectivity index (χ3n) is 5.25. The molecule has 3 fully saturated rings. The molecule has 0 radical (unpaired) electrons. The number of carbonyl (C=O) groups is 1. The maximum absolute atomic E-state index is 12.7. The van der Waals surface area contributed by atoms with Crippen molar-refractivity contribution in [2.45, 2.75) is 50.6 Å². The number of hydrogen-bond donors (Lipinski definition) is 1. The van der Waals surface area contributed by atoms with Crippen molar-refractivity contribution in [2.24, 2.45) is 11.8 Å².